The topological polar surface area (TPSA) is 50.7 Å². The number of hydrogen-bond donors (Lipinski definition) is 1. The zero-order chi connectivity index (χ0) is 17.2. The van der Waals surface area contributed by atoms with E-state index in [2.05, 4.69) is 20.3 Å². The Bertz CT molecular complexity index is 1030. The van der Waals surface area contributed by atoms with Gasteiger partial charge in [0.15, 0.2) is 5.82 Å². The highest BCUT2D eigenvalue weighted by Gasteiger charge is 2.10. The fourth-order valence-electron chi connectivity index (χ4n) is 2.56. The van der Waals surface area contributed by atoms with Crippen LogP contribution >= 0.6 is 23.2 Å². The Kier molecular flexibility index (Phi) is 4.22. The van der Waals surface area contributed by atoms with E-state index in [1.165, 1.54) is 0 Å². The summed E-state index contributed by atoms with van der Waals surface area (Å²) >= 11 is 12.2. The van der Waals surface area contributed by atoms with Gasteiger partial charge in [0.05, 0.1) is 5.52 Å². The second kappa shape index (κ2) is 6.67. The molecule has 2 aromatic heterocycles. The van der Waals surface area contributed by atoms with Crippen molar-refractivity contribution in [3.63, 3.8) is 0 Å². The summed E-state index contributed by atoms with van der Waals surface area (Å²) in [4.78, 5) is 13.5. The van der Waals surface area contributed by atoms with Crippen LogP contribution in [0.25, 0.3) is 22.3 Å². The van der Waals surface area contributed by atoms with Gasteiger partial charge in [-0.1, -0.05) is 35.3 Å². The van der Waals surface area contributed by atoms with Crippen molar-refractivity contribution >= 4 is 45.6 Å². The first kappa shape index (κ1) is 15.8. The summed E-state index contributed by atoms with van der Waals surface area (Å²) in [5.74, 6) is 1.28. The summed E-state index contributed by atoms with van der Waals surface area (Å²) in [6, 6.07) is 16.9. The predicted molar refractivity (Wildman–Crippen MR) is 103 cm³/mol. The molecule has 4 nitrogen and oxygen atoms in total. The molecule has 4 aromatic rings. The standard InChI is InChI=1S/C19H12Cl2N4/c20-13-8-14(21)10-15(9-13)23-19-16-5-1-2-6-17(16)24-18(25-19)12-4-3-7-22-11-12/h1-11H,(H,23,24,25). The molecular formula is C19H12Cl2N4. The van der Waals surface area contributed by atoms with Gasteiger partial charge in [-0.2, -0.15) is 0 Å². The normalized spacial score (nSPS) is 10.8. The number of anilines is 2. The van der Waals surface area contributed by atoms with Crippen LogP contribution in [0.1, 0.15) is 0 Å². The van der Waals surface area contributed by atoms with Crippen molar-refractivity contribution in [1.29, 1.82) is 0 Å². The van der Waals surface area contributed by atoms with E-state index in [0.29, 0.717) is 21.7 Å². The molecule has 2 aromatic carbocycles. The zero-order valence-electron chi connectivity index (χ0n) is 12.9. The number of nitrogens with one attached hydrogen (secondary N) is 1. The lowest BCUT2D eigenvalue weighted by Gasteiger charge is -2.11. The van der Waals surface area contributed by atoms with Crippen LogP contribution in [0, 0.1) is 0 Å². The molecule has 1 N–H and O–H groups in total. The van der Waals surface area contributed by atoms with Crippen molar-refractivity contribution in [3.8, 4) is 11.4 Å². The average molecular weight is 367 g/mol. The summed E-state index contributed by atoms with van der Waals surface area (Å²) in [6.07, 6.45) is 3.46. The van der Waals surface area contributed by atoms with Crippen LogP contribution in [0.2, 0.25) is 10.0 Å². The smallest absolute Gasteiger partial charge is 0.163 e. The molecular weight excluding hydrogens is 355 g/mol. The molecule has 2 heterocycles. The fourth-order valence-corrected chi connectivity index (χ4v) is 3.08. The van der Waals surface area contributed by atoms with Gasteiger partial charge >= 0.3 is 0 Å². The van der Waals surface area contributed by atoms with Gasteiger partial charge in [-0.25, -0.2) is 9.97 Å². The van der Waals surface area contributed by atoms with Crippen LogP contribution in [0.4, 0.5) is 11.5 Å². The van der Waals surface area contributed by atoms with Gasteiger partial charge in [0.25, 0.3) is 0 Å². The van der Waals surface area contributed by atoms with E-state index in [4.69, 9.17) is 23.2 Å². The molecule has 0 fully saturated rings. The first-order valence-electron chi connectivity index (χ1n) is 7.59. The molecule has 0 aliphatic carbocycles. The third kappa shape index (κ3) is 3.40. The largest absolute Gasteiger partial charge is 0.340 e. The number of halogens is 2. The van der Waals surface area contributed by atoms with Crippen molar-refractivity contribution in [1.82, 2.24) is 15.0 Å². The maximum absolute atomic E-state index is 6.10. The first-order valence-corrected chi connectivity index (χ1v) is 8.35. The van der Waals surface area contributed by atoms with Gasteiger partial charge in [0, 0.05) is 39.1 Å². The molecule has 0 atom stereocenters. The van der Waals surface area contributed by atoms with Gasteiger partial charge in [-0.3, -0.25) is 4.98 Å². The number of nitrogens with zero attached hydrogens (tertiary/aromatic N) is 3. The average Bonchev–Trinajstić information content (AvgIpc) is 2.61. The highest BCUT2D eigenvalue weighted by atomic mass is 35.5. The number of aromatic nitrogens is 3. The number of fused-ring (bicyclic) bond motifs is 1. The molecule has 0 radical (unpaired) electrons. The lowest BCUT2D eigenvalue weighted by atomic mass is 10.2. The van der Waals surface area contributed by atoms with Gasteiger partial charge < -0.3 is 5.32 Å². The van der Waals surface area contributed by atoms with Crippen LogP contribution in [0.3, 0.4) is 0 Å². The van der Waals surface area contributed by atoms with E-state index >= 15 is 0 Å². The Morgan fingerprint density at radius 2 is 1.64 bits per heavy atom. The zero-order valence-corrected chi connectivity index (χ0v) is 14.5. The summed E-state index contributed by atoms with van der Waals surface area (Å²) in [6.45, 7) is 0. The highest BCUT2D eigenvalue weighted by Crippen LogP contribution is 2.29. The lowest BCUT2D eigenvalue weighted by Crippen LogP contribution is -1.99. The molecule has 0 unspecified atom stereocenters. The third-order valence-corrected chi connectivity index (χ3v) is 4.08. The molecule has 4 rings (SSSR count). The van der Waals surface area contributed by atoms with Crippen molar-refractivity contribution < 1.29 is 0 Å². The number of benzene rings is 2. The minimum absolute atomic E-state index is 0.556. The number of rotatable bonds is 3. The lowest BCUT2D eigenvalue weighted by molar-refractivity contribution is 1.20. The van der Waals surface area contributed by atoms with Crippen molar-refractivity contribution in [2.75, 3.05) is 5.32 Å². The molecule has 6 heteroatoms. The number of hydrogen-bond acceptors (Lipinski definition) is 4. The molecule has 0 spiro atoms. The highest BCUT2D eigenvalue weighted by molar-refractivity contribution is 6.35. The summed E-state index contributed by atoms with van der Waals surface area (Å²) < 4.78 is 0. The minimum atomic E-state index is 0.556. The molecule has 0 bridgehead atoms. The van der Waals surface area contributed by atoms with Gasteiger partial charge in [-0.05, 0) is 42.5 Å². The van der Waals surface area contributed by atoms with Gasteiger partial charge in [0.1, 0.15) is 5.82 Å². The second-order valence-electron chi connectivity index (χ2n) is 5.44. The molecule has 0 aliphatic heterocycles. The first-order chi connectivity index (χ1) is 12.2. The summed E-state index contributed by atoms with van der Waals surface area (Å²) in [5, 5.41) is 5.32. The SMILES string of the molecule is Clc1cc(Cl)cc(Nc2nc(-c3cccnc3)nc3ccccc23)c1. The van der Waals surface area contributed by atoms with Crippen LogP contribution in [0.15, 0.2) is 67.0 Å². The van der Waals surface area contributed by atoms with E-state index < -0.39 is 0 Å². The van der Waals surface area contributed by atoms with Crippen LogP contribution < -0.4 is 5.32 Å². The number of para-hydroxylation sites is 1. The molecule has 0 amide bonds. The summed E-state index contributed by atoms with van der Waals surface area (Å²) in [5.41, 5.74) is 2.45. The van der Waals surface area contributed by atoms with E-state index in [0.717, 1.165) is 22.2 Å². The predicted octanol–water partition coefficient (Wildman–Crippen LogP) is 5.74. The van der Waals surface area contributed by atoms with Crippen LogP contribution in [0.5, 0.6) is 0 Å². The van der Waals surface area contributed by atoms with Crippen molar-refractivity contribution in [3.05, 3.63) is 77.0 Å². The maximum atomic E-state index is 6.10. The quantitative estimate of drug-likeness (QED) is 0.502. The second-order valence-corrected chi connectivity index (χ2v) is 6.31. The molecule has 25 heavy (non-hydrogen) atoms. The van der Waals surface area contributed by atoms with Crippen molar-refractivity contribution in [2.45, 2.75) is 0 Å². The Hall–Kier alpha value is -2.69. The maximum Gasteiger partial charge on any atom is 0.163 e. The Morgan fingerprint density at radius 1 is 0.840 bits per heavy atom. The van der Waals surface area contributed by atoms with Crippen molar-refractivity contribution in [2.24, 2.45) is 0 Å². The number of pyridine rings is 1. The van der Waals surface area contributed by atoms with Crippen LogP contribution in [-0.2, 0) is 0 Å². The molecule has 0 saturated carbocycles. The fraction of sp³-hybridized carbons (Fsp3) is 0. The van der Waals surface area contributed by atoms with Gasteiger partial charge in [-0.15, -0.1) is 0 Å². The Morgan fingerprint density at radius 3 is 2.40 bits per heavy atom. The molecule has 0 aliphatic rings. The summed E-state index contributed by atoms with van der Waals surface area (Å²) in [7, 11) is 0. The Balaban J connectivity index is 1.86. The van der Waals surface area contributed by atoms with E-state index in [1.54, 1.807) is 30.6 Å². The molecule has 122 valence electrons. The monoisotopic (exact) mass is 366 g/mol. The van der Waals surface area contributed by atoms with E-state index in [1.807, 2.05) is 36.4 Å². The minimum Gasteiger partial charge on any atom is -0.340 e. The van der Waals surface area contributed by atoms with E-state index in [-0.39, 0.29) is 0 Å². The van der Waals surface area contributed by atoms with E-state index in [9.17, 15) is 0 Å². The van der Waals surface area contributed by atoms with Crippen LogP contribution in [-0.4, -0.2) is 15.0 Å². The molecule has 0 saturated heterocycles. The Labute approximate surface area is 154 Å². The third-order valence-electron chi connectivity index (χ3n) is 3.65. The van der Waals surface area contributed by atoms with Gasteiger partial charge in [0.2, 0.25) is 0 Å².